The van der Waals surface area contributed by atoms with Crippen LogP contribution in [0.2, 0.25) is 0 Å². The summed E-state index contributed by atoms with van der Waals surface area (Å²) in [6, 6.07) is 17.4. The van der Waals surface area contributed by atoms with Crippen LogP contribution in [0.3, 0.4) is 0 Å². The Morgan fingerprint density at radius 1 is 0.368 bits per heavy atom. The Labute approximate surface area is 219 Å². The highest BCUT2D eigenvalue weighted by atomic mass is 35.7. The van der Waals surface area contributed by atoms with Gasteiger partial charge in [-0.1, -0.05) is 36.4 Å². The van der Waals surface area contributed by atoms with E-state index < -0.39 is 20.5 Å². The van der Waals surface area contributed by atoms with E-state index in [2.05, 4.69) is 95.2 Å². The smallest absolute Gasteiger partial charge is 0.212 e. The maximum Gasteiger partial charge on any atom is 0.212 e. The van der Waals surface area contributed by atoms with Gasteiger partial charge in [0.2, 0.25) is 11.4 Å². The van der Waals surface area contributed by atoms with Crippen molar-refractivity contribution in [2.24, 2.45) is 0 Å². The molecule has 2 heterocycles. The minimum Gasteiger partial charge on any atom is -0.222 e. The van der Waals surface area contributed by atoms with Crippen LogP contribution in [0, 0.1) is 20.5 Å². The van der Waals surface area contributed by atoms with Crippen molar-refractivity contribution in [2.45, 2.75) is 0 Å². The van der Waals surface area contributed by atoms with E-state index in [1.165, 1.54) is 66.3 Å². The first-order valence-corrected chi connectivity index (χ1v) is 13.3. The van der Waals surface area contributed by atoms with Crippen LogP contribution in [0.25, 0.3) is 45.8 Å². The molecule has 0 amide bonds. The molecule has 0 radical (unpaired) electrons. The fraction of sp³-hybridized carbons (Fsp3) is 0. The predicted molar refractivity (Wildman–Crippen MR) is 117 cm³/mol. The summed E-state index contributed by atoms with van der Waals surface area (Å²) in [5, 5.41) is 5.57. The van der Waals surface area contributed by atoms with Crippen molar-refractivity contribution in [3.05, 3.63) is 81.9 Å². The summed E-state index contributed by atoms with van der Waals surface area (Å²) < 4.78 is 67.9. The molecule has 0 aromatic heterocycles. The molecule has 0 unspecified atom stereocenters. The van der Waals surface area contributed by atoms with Crippen LogP contribution in [0.15, 0.2) is 48.5 Å². The van der Waals surface area contributed by atoms with Crippen LogP contribution in [-0.2, 0) is 0 Å². The van der Waals surface area contributed by atoms with Gasteiger partial charge in [-0.2, -0.15) is 0 Å². The molecule has 0 bridgehead atoms. The first kappa shape index (κ1) is 26.1. The normalized spacial score (nSPS) is 13.9. The molecule has 0 saturated carbocycles. The molecule has 2 N–H and O–H groups in total. The van der Waals surface area contributed by atoms with Gasteiger partial charge in [0.1, 0.15) is 0 Å². The summed E-state index contributed by atoms with van der Waals surface area (Å²) in [4.78, 5) is 6.61. The maximum absolute atomic E-state index is 8.49. The quantitative estimate of drug-likeness (QED) is 0.183. The molecule has 0 spiro atoms. The zero-order valence-electron chi connectivity index (χ0n) is 19.1. The Morgan fingerprint density at radius 3 is 0.947 bits per heavy atom. The Morgan fingerprint density at radius 2 is 0.632 bits per heavy atom. The second-order valence-electron chi connectivity index (χ2n) is 8.39. The molecule has 12 heteroatoms. The summed E-state index contributed by atoms with van der Waals surface area (Å²) in [7, 11) is -9.89. The number of benzene rings is 4. The molecule has 38 heavy (non-hydrogen) atoms. The number of hydrogen-bond acceptors (Lipinski definition) is 8. The molecule has 4 aliphatic rings. The van der Waals surface area contributed by atoms with Gasteiger partial charge in [0, 0.05) is 22.9 Å². The van der Waals surface area contributed by atoms with E-state index in [0.29, 0.717) is 0 Å². The van der Waals surface area contributed by atoms with Crippen molar-refractivity contribution in [3.8, 4) is 0 Å². The van der Waals surface area contributed by atoms with Crippen LogP contribution >= 0.6 is 0 Å². The minimum atomic E-state index is -4.94. The fourth-order valence-corrected chi connectivity index (χ4v) is 4.86. The Kier molecular flexibility index (Phi) is 6.63. The van der Waals surface area contributed by atoms with Crippen molar-refractivity contribution in [2.75, 3.05) is 0 Å². The number of hydrogen-bond donors (Lipinski definition) is 2. The van der Waals surface area contributed by atoms with Gasteiger partial charge in [0.25, 0.3) is 0 Å². The number of nitrogens with one attached hydrogen (secondary N) is 2. The molecule has 0 saturated heterocycles. The molecule has 2 aliphatic heterocycles. The minimum absolute atomic E-state index is 1.24. The highest BCUT2D eigenvalue weighted by Crippen LogP contribution is 2.37. The second-order valence-corrected chi connectivity index (χ2v) is 9.90. The highest BCUT2D eigenvalue weighted by Gasteiger charge is 2.22. The van der Waals surface area contributed by atoms with Gasteiger partial charge >= 0.3 is 0 Å². The van der Waals surface area contributed by atoms with Gasteiger partial charge in [-0.25, -0.2) is 47.3 Å². The van der Waals surface area contributed by atoms with Crippen molar-refractivity contribution in [1.29, 1.82) is 0 Å². The van der Waals surface area contributed by atoms with Crippen LogP contribution < -0.4 is 47.3 Å². The molecule has 4 aromatic rings. The lowest BCUT2D eigenvalue weighted by atomic mass is 10.00. The zero-order chi connectivity index (χ0) is 27.2. The van der Waals surface area contributed by atoms with Gasteiger partial charge in [0.15, 0.2) is 12.4 Å². The van der Waals surface area contributed by atoms with Crippen LogP contribution in [0.1, 0.15) is 33.4 Å². The van der Waals surface area contributed by atoms with Crippen LogP contribution in [0.4, 0.5) is 11.4 Å². The van der Waals surface area contributed by atoms with Gasteiger partial charge in [-0.05, 0) is 46.5 Å². The van der Waals surface area contributed by atoms with E-state index in [4.69, 9.17) is 37.3 Å². The van der Waals surface area contributed by atoms with E-state index in [-0.39, 0.29) is 0 Å². The summed E-state index contributed by atoms with van der Waals surface area (Å²) in [6.45, 7) is 0. The topological polar surface area (TPSA) is 212 Å². The maximum atomic E-state index is 8.49. The first-order valence-electron chi connectivity index (χ1n) is 10.9. The molecular weight excluding hydrogens is 539 g/mol. The Hall–Kier alpha value is -3.52. The molecule has 4 aromatic carbocycles. The Bertz CT molecular complexity index is 1360. The summed E-state index contributed by atoms with van der Waals surface area (Å²) in [5.41, 5.74) is 10.5. The molecule has 0 fully saturated rings. The molecule has 0 atom stereocenters. The lowest BCUT2D eigenvalue weighted by Crippen LogP contribution is -2.68. The average molecular weight is 555 g/mol. The predicted octanol–water partition coefficient (Wildman–Crippen LogP) is -6.58. The van der Waals surface area contributed by atoms with E-state index in [0.717, 1.165) is 0 Å². The zero-order valence-corrected chi connectivity index (χ0v) is 20.6. The number of rotatable bonds is 0. The molecule has 192 valence electrons. The van der Waals surface area contributed by atoms with Gasteiger partial charge in [-0.15, -0.1) is 20.5 Å². The lowest BCUT2D eigenvalue weighted by Gasteiger charge is -2.17. The van der Waals surface area contributed by atoms with Crippen molar-refractivity contribution in [1.82, 2.24) is 0 Å². The molecule has 10 nitrogen and oxygen atoms in total. The summed E-state index contributed by atoms with van der Waals surface area (Å²) >= 11 is 0. The molecule has 2 aliphatic carbocycles. The van der Waals surface area contributed by atoms with Gasteiger partial charge in [0.05, 0.1) is 21.9 Å². The number of halogens is 2. The standard InChI is InChI=1S/2C13H7N.2ClHO4/c2*1-2-9-5-6-11-13-10(7-14-11)4-3-8(1)12(9)13;2*2-1(3,4)5/h2*1-7H;2*(H,2,3,4,5). The third kappa shape index (κ3) is 5.50. The van der Waals surface area contributed by atoms with E-state index in [9.17, 15) is 0 Å². The monoisotopic (exact) mass is 554 g/mol. The first-order chi connectivity index (χ1) is 17.9. The third-order valence-corrected chi connectivity index (χ3v) is 6.17. The summed E-state index contributed by atoms with van der Waals surface area (Å²) in [6.07, 6.45) is 12.9. The highest BCUT2D eigenvalue weighted by molar-refractivity contribution is 6.16. The SMILES string of the molecule is C1=Cc2ccc3c4c(ccc1c24)C=[NH+]3.C1=Cc2ccc3c4c(ccc1c24)C=[NH+]3.[O-][Cl+3]([O-])([O-])[O-].[O-][Cl+3]([O-])([O-])[O-]. The van der Waals surface area contributed by atoms with E-state index in [1.807, 2.05) is 0 Å². The molecular formula is C26H16Cl2N2O8. The van der Waals surface area contributed by atoms with Crippen molar-refractivity contribution < 1.29 is 67.7 Å². The van der Waals surface area contributed by atoms with Crippen molar-refractivity contribution >= 4 is 69.7 Å². The average Bonchev–Trinajstić information content (AvgIpc) is 3.58. The Balaban J connectivity index is 0.000000116. The van der Waals surface area contributed by atoms with E-state index in [1.54, 1.807) is 0 Å². The fourth-order valence-electron chi connectivity index (χ4n) is 4.86. The molecule has 8 rings (SSSR count). The summed E-state index contributed by atoms with van der Waals surface area (Å²) in [5.74, 6) is 0. The van der Waals surface area contributed by atoms with Crippen LogP contribution in [-0.4, -0.2) is 12.4 Å². The van der Waals surface area contributed by atoms with Crippen molar-refractivity contribution in [3.63, 3.8) is 0 Å². The third-order valence-electron chi connectivity index (χ3n) is 6.17. The van der Waals surface area contributed by atoms with Gasteiger partial charge in [-0.3, -0.25) is 0 Å². The van der Waals surface area contributed by atoms with Crippen LogP contribution in [0.5, 0.6) is 0 Å². The van der Waals surface area contributed by atoms with Gasteiger partial charge < -0.3 is 0 Å². The lowest BCUT2D eigenvalue weighted by molar-refractivity contribution is -2.00. The van der Waals surface area contributed by atoms with E-state index >= 15 is 0 Å². The second kappa shape index (κ2) is 9.66. The largest absolute Gasteiger partial charge is 0.222 e.